The Balaban J connectivity index is 1.57. The normalized spacial score (nSPS) is 10.4. The van der Waals surface area contributed by atoms with Gasteiger partial charge in [0.15, 0.2) is 11.5 Å². The van der Waals surface area contributed by atoms with Crippen molar-refractivity contribution in [3.05, 3.63) is 48.6 Å². The summed E-state index contributed by atoms with van der Waals surface area (Å²) in [6.07, 6.45) is 3.87. The smallest absolute Gasteiger partial charge is 0.227 e. The second-order valence-electron chi connectivity index (χ2n) is 5.37. The molecule has 2 heterocycles. The van der Waals surface area contributed by atoms with Gasteiger partial charge in [0, 0.05) is 42.6 Å². The number of hydrogen-bond acceptors (Lipinski definition) is 7. The molecule has 0 aliphatic carbocycles. The van der Waals surface area contributed by atoms with Gasteiger partial charge in [-0.3, -0.25) is 9.78 Å². The monoisotopic (exact) mass is 354 g/mol. The van der Waals surface area contributed by atoms with Crippen molar-refractivity contribution in [3.63, 3.8) is 0 Å². The maximum absolute atomic E-state index is 12.1. The number of rotatable bonds is 7. The fraction of sp³-hybridized carbons (Fsp3) is 0.222. The summed E-state index contributed by atoms with van der Waals surface area (Å²) in [7, 11) is 3.10. The molecule has 8 nitrogen and oxygen atoms in total. The Labute approximate surface area is 150 Å². The molecule has 0 atom stereocenters. The largest absolute Gasteiger partial charge is 0.493 e. The average molecular weight is 354 g/mol. The van der Waals surface area contributed by atoms with Gasteiger partial charge in [-0.05, 0) is 24.3 Å². The number of anilines is 1. The van der Waals surface area contributed by atoms with E-state index >= 15 is 0 Å². The van der Waals surface area contributed by atoms with Crippen molar-refractivity contribution in [2.75, 3.05) is 19.5 Å². The fourth-order valence-corrected chi connectivity index (χ4v) is 2.33. The van der Waals surface area contributed by atoms with E-state index in [1.165, 1.54) is 0 Å². The van der Waals surface area contributed by atoms with Crippen LogP contribution in [-0.4, -0.2) is 35.3 Å². The van der Waals surface area contributed by atoms with Crippen molar-refractivity contribution in [2.45, 2.75) is 12.8 Å². The number of methoxy groups -OCH3 is 2. The van der Waals surface area contributed by atoms with Crippen molar-refractivity contribution >= 4 is 11.6 Å². The summed E-state index contributed by atoms with van der Waals surface area (Å²) in [6, 6.07) is 8.80. The lowest BCUT2D eigenvalue weighted by atomic mass is 10.2. The van der Waals surface area contributed by atoms with Gasteiger partial charge in [0.05, 0.1) is 14.2 Å². The summed E-state index contributed by atoms with van der Waals surface area (Å²) in [5.74, 6) is 1.82. The van der Waals surface area contributed by atoms with Crippen LogP contribution in [0, 0.1) is 0 Å². The van der Waals surface area contributed by atoms with Gasteiger partial charge in [0.25, 0.3) is 0 Å². The Morgan fingerprint density at radius 1 is 1.19 bits per heavy atom. The van der Waals surface area contributed by atoms with E-state index < -0.39 is 0 Å². The van der Waals surface area contributed by atoms with Crippen LogP contribution >= 0.6 is 0 Å². The maximum Gasteiger partial charge on any atom is 0.227 e. The van der Waals surface area contributed by atoms with E-state index in [-0.39, 0.29) is 12.3 Å². The molecule has 3 rings (SSSR count). The van der Waals surface area contributed by atoms with Crippen molar-refractivity contribution in [2.24, 2.45) is 0 Å². The molecule has 8 heteroatoms. The number of hydrogen-bond donors (Lipinski definition) is 1. The number of carbonyl (C=O) groups is 1. The summed E-state index contributed by atoms with van der Waals surface area (Å²) in [5.41, 5.74) is 1.38. The Morgan fingerprint density at radius 3 is 2.77 bits per heavy atom. The minimum Gasteiger partial charge on any atom is -0.493 e. The first kappa shape index (κ1) is 17.4. The van der Waals surface area contributed by atoms with Gasteiger partial charge in [0.2, 0.25) is 17.6 Å². The van der Waals surface area contributed by atoms with Gasteiger partial charge in [-0.25, -0.2) is 0 Å². The lowest BCUT2D eigenvalue weighted by Crippen LogP contribution is -2.12. The second kappa shape index (κ2) is 8.11. The highest BCUT2D eigenvalue weighted by Crippen LogP contribution is 2.29. The molecule has 0 saturated carbocycles. The Bertz CT molecular complexity index is 880. The topological polar surface area (TPSA) is 99.4 Å². The number of ether oxygens (including phenoxy) is 2. The van der Waals surface area contributed by atoms with Crippen LogP contribution in [0.3, 0.4) is 0 Å². The van der Waals surface area contributed by atoms with E-state index in [2.05, 4.69) is 20.4 Å². The Kier molecular flexibility index (Phi) is 5.43. The van der Waals surface area contributed by atoms with Crippen LogP contribution in [0.1, 0.15) is 12.3 Å². The van der Waals surface area contributed by atoms with Crippen LogP contribution in [0.2, 0.25) is 0 Å². The highest BCUT2D eigenvalue weighted by atomic mass is 16.5. The minimum atomic E-state index is -0.168. The molecule has 0 spiro atoms. The predicted octanol–water partition coefficient (Wildman–Crippen LogP) is 2.72. The molecule has 0 aliphatic heterocycles. The standard InChI is InChI=1S/C18H18N4O4/c1-24-14-6-5-13(10-15(14)25-2)20-16(23)7-8-17-21-18(22-26-17)12-4-3-9-19-11-12/h3-6,9-11H,7-8H2,1-2H3,(H,20,23). The molecule has 3 aromatic rings. The molecule has 1 aromatic carbocycles. The molecule has 134 valence electrons. The summed E-state index contributed by atoms with van der Waals surface area (Å²) in [6.45, 7) is 0. The van der Waals surface area contributed by atoms with Crippen molar-refractivity contribution in [1.29, 1.82) is 0 Å². The van der Waals surface area contributed by atoms with E-state index in [1.807, 2.05) is 6.07 Å². The lowest BCUT2D eigenvalue weighted by Gasteiger charge is -2.10. The maximum atomic E-state index is 12.1. The van der Waals surface area contributed by atoms with Crippen LogP contribution < -0.4 is 14.8 Å². The first-order valence-electron chi connectivity index (χ1n) is 7.94. The highest BCUT2D eigenvalue weighted by molar-refractivity contribution is 5.91. The SMILES string of the molecule is COc1ccc(NC(=O)CCc2nc(-c3cccnc3)no2)cc1OC. The van der Waals surface area contributed by atoms with E-state index in [1.54, 1.807) is 50.9 Å². The zero-order valence-corrected chi connectivity index (χ0v) is 14.4. The molecule has 1 amide bonds. The zero-order valence-electron chi connectivity index (χ0n) is 14.4. The molecule has 0 radical (unpaired) electrons. The summed E-state index contributed by atoms with van der Waals surface area (Å²) < 4.78 is 15.6. The van der Waals surface area contributed by atoms with Crippen molar-refractivity contribution < 1.29 is 18.8 Å². The Morgan fingerprint density at radius 2 is 2.04 bits per heavy atom. The molecular weight excluding hydrogens is 336 g/mol. The third kappa shape index (κ3) is 4.15. The number of benzene rings is 1. The van der Waals surface area contributed by atoms with Gasteiger partial charge < -0.3 is 19.3 Å². The van der Waals surface area contributed by atoms with Crippen molar-refractivity contribution in [3.8, 4) is 22.9 Å². The number of aryl methyl sites for hydroxylation is 1. The molecule has 2 aromatic heterocycles. The van der Waals surface area contributed by atoms with Crippen molar-refractivity contribution in [1.82, 2.24) is 15.1 Å². The van der Waals surface area contributed by atoms with Gasteiger partial charge in [-0.1, -0.05) is 5.16 Å². The quantitative estimate of drug-likeness (QED) is 0.696. The number of aromatic nitrogens is 3. The number of pyridine rings is 1. The molecular formula is C18H18N4O4. The third-order valence-corrected chi connectivity index (χ3v) is 3.62. The average Bonchev–Trinajstić information content (AvgIpc) is 3.16. The molecule has 1 N–H and O–H groups in total. The van der Waals surface area contributed by atoms with Gasteiger partial charge >= 0.3 is 0 Å². The molecule has 0 saturated heterocycles. The fourth-order valence-electron chi connectivity index (χ4n) is 2.33. The number of carbonyl (C=O) groups excluding carboxylic acids is 1. The first-order chi connectivity index (χ1) is 12.7. The van der Waals surface area contributed by atoms with Crippen LogP contribution in [0.15, 0.2) is 47.2 Å². The van der Waals surface area contributed by atoms with Crippen LogP contribution in [0.25, 0.3) is 11.4 Å². The second-order valence-corrected chi connectivity index (χ2v) is 5.37. The van der Waals surface area contributed by atoms with E-state index in [0.29, 0.717) is 35.3 Å². The molecule has 26 heavy (non-hydrogen) atoms. The van der Waals surface area contributed by atoms with E-state index in [0.717, 1.165) is 5.56 Å². The van der Waals surface area contributed by atoms with E-state index in [9.17, 15) is 4.79 Å². The summed E-state index contributed by atoms with van der Waals surface area (Å²) in [4.78, 5) is 20.4. The molecule has 0 aliphatic rings. The van der Waals surface area contributed by atoms with E-state index in [4.69, 9.17) is 14.0 Å². The molecule has 0 bridgehead atoms. The van der Waals surface area contributed by atoms with Crippen LogP contribution in [-0.2, 0) is 11.2 Å². The van der Waals surface area contributed by atoms with Crippen LogP contribution in [0.5, 0.6) is 11.5 Å². The molecule has 0 unspecified atom stereocenters. The third-order valence-electron chi connectivity index (χ3n) is 3.62. The minimum absolute atomic E-state index is 0.168. The van der Waals surface area contributed by atoms with Gasteiger partial charge in [-0.15, -0.1) is 0 Å². The predicted molar refractivity (Wildman–Crippen MR) is 94.0 cm³/mol. The Hall–Kier alpha value is -3.42. The number of nitrogens with zero attached hydrogens (tertiary/aromatic N) is 3. The highest BCUT2D eigenvalue weighted by Gasteiger charge is 2.12. The lowest BCUT2D eigenvalue weighted by molar-refractivity contribution is -0.116. The number of nitrogens with one attached hydrogen (secondary N) is 1. The van der Waals surface area contributed by atoms with Gasteiger partial charge in [0.1, 0.15) is 0 Å². The zero-order chi connectivity index (χ0) is 18.4. The summed E-state index contributed by atoms with van der Waals surface area (Å²) >= 11 is 0. The van der Waals surface area contributed by atoms with Gasteiger partial charge in [-0.2, -0.15) is 4.98 Å². The summed E-state index contributed by atoms with van der Waals surface area (Å²) in [5, 5.41) is 6.70. The first-order valence-corrected chi connectivity index (χ1v) is 7.94. The van der Waals surface area contributed by atoms with Crippen LogP contribution in [0.4, 0.5) is 5.69 Å². The number of amides is 1. The molecule has 0 fully saturated rings.